The lowest BCUT2D eigenvalue weighted by molar-refractivity contribution is 0.387. The van der Waals surface area contributed by atoms with E-state index in [0.29, 0.717) is 11.3 Å². The molecule has 0 unspecified atom stereocenters. The van der Waals surface area contributed by atoms with Crippen molar-refractivity contribution < 1.29 is 14.0 Å². The monoisotopic (exact) mass is 326 g/mol. The molecule has 0 saturated carbocycles. The third-order valence-corrected chi connectivity index (χ3v) is 3.65. The Morgan fingerprint density at radius 2 is 1.95 bits per heavy atom. The van der Waals surface area contributed by atoms with Crippen LogP contribution in [0.25, 0.3) is 11.1 Å². The van der Waals surface area contributed by atoms with E-state index in [9.17, 15) is 0 Å². The third-order valence-electron chi connectivity index (χ3n) is 2.93. The summed E-state index contributed by atoms with van der Waals surface area (Å²) in [7, 11) is 3.23. The summed E-state index contributed by atoms with van der Waals surface area (Å²) in [6.07, 6.45) is 2.40. The molecule has 0 spiro atoms. The molecule has 0 bridgehead atoms. The number of nitrogen functional groups attached to an aromatic ring is 1. The Morgan fingerprint density at radius 1 is 1.26 bits per heavy atom. The van der Waals surface area contributed by atoms with E-state index in [2.05, 4.69) is 28.0 Å². The highest BCUT2D eigenvalue weighted by molar-refractivity contribution is 9.10. The molecule has 0 fully saturated rings. The van der Waals surface area contributed by atoms with E-state index in [0.717, 1.165) is 27.8 Å². The molecule has 0 aliphatic carbocycles. The molecule has 0 amide bonds. The number of rotatable bonds is 4. The molecular formula is C13H15BrN2O3. The summed E-state index contributed by atoms with van der Waals surface area (Å²) in [5.41, 5.74) is 8.35. The van der Waals surface area contributed by atoms with Gasteiger partial charge in [-0.1, -0.05) is 12.1 Å². The van der Waals surface area contributed by atoms with Gasteiger partial charge in [-0.25, -0.2) is 0 Å². The lowest BCUT2D eigenvalue weighted by Gasteiger charge is -2.16. The van der Waals surface area contributed by atoms with Crippen LogP contribution >= 0.6 is 15.9 Å². The average molecular weight is 327 g/mol. The number of aryl methyl sites for hydroxylation is 1. The van der Waals surface area contributed by atoms with Gasteiger partial charge in [0.1, 0.15) is 16.0 Å². The first-order chi connectivity index (χ1) is 9.13. The second kappa shape index (κ2) is 5.52. The fourth-order valence-electron chi connectivity index (χ4n) is 2.00. The van der Waals surface area contributed by atoms with Gasteiger partial charge in [0.2, 0.25) is 5.88 Å². The van der Waals surface area contributed by atoms with Crippen molar-refractivity contribution >= 4 is 21.8 Å². The zero-order valence-electron chi connectivity index (χ0n) is 11.0. The van der Waals surface area contributed by atoms with Crippen LogP contribution in [0.1, 0.15) is 12.5 Å². The predicted molar refractivity (Wildman–Crippen MR) is 76.5 cm³/mol. The molecule has 19 heavy (non-hydrogen) atoms. The molecule has 6 heteroatoms. The SMILES string of the molecule is CCc1cc(-c2cnoc2N)c(OC)c(Br)c1OC. The number of nitrogens with zero attached hydrogens (tertiary/aromatic N) is 1. The van der Waals surface area contributed by atoms with E-state index < -0.39 is 0 Å². The zero-order valence-corrected chi connectivity index (χ0v) is 12.6. The van der Waals surface area contributed by atoms with Crippen LogP contribution in [0.3, 0.4) is 0 Å². The minimum Gasteiger partial charge on any atom is -0.495 e. The van der Waals surface area contributed by atoms with Crippen molar-refractivity contribution in [1.29, 1.82) is 0 Å². The van der Waals surface area contributed by atoms with Crippen molar-refractivity contribution in [2.45, 2.75) is 13.3 Å². The van der Waals surface area contributed by atoms with E-state index in [1.165, 1.54) is 0 Å². The molecule has 0 aliphatic rings. The maximum Gasteiger partial charge on any atom is 0.230 e. The van der Waals surface area contributed by atoms with Gasteiger partial charge in [0.25, 0.3) is 0 Å². The van der Waals surface area contributed by atoms with Gasteiger partial charge in [0, 0.05) is 5.56 Å². The Hall–Kier alpha value is -1.69. The Kier molecular flexibility index (Phi) is 3.99. The summed E-state index contributed by atoms with van der Waals surface area (Å²) >= 11 is 3.51. The molecule has 1 heterocycles. The Labute approximate surface area is 119 Å². The van der Waals surface area contributed by atoms with Crippen LogP contribution < -0.4 is 15.2 Å². The van der Waals surface area contributed by atoms with Crippen LogP contribution in [-0.2, 0) is 6.42 Å². The zero-order chi connectivity index (χ0) is 14.0. The highest BCUT2D eigenvalue weighted by Crippen LogP contribution is 2.45. The summed E-state index contributed by atoms with van der Waals surface area (Å²) in [4.78, 5) is 0. The topological polar surface area (TPSA) is 70.5 Å². The molecule has 0 atom stereocenters. The lowest BCUT2D eigenvalue weighted by atomic mass is 10.0. The number of halogens is 1. The average Bonchev–Trinajstić information content (AvgIpc) is 2.83. The van der Waals surface area contributed by atoms with Gasteiger partial charge >= 0.3 is 0 Å². The molecule has 2 N–H and O–H groups in total. The Morgan fingerprint density at radius 3 is 2.42 bits per heavy atom. The van der Waals surface area contributed by atoms with Gasteiger partial charge in [0.15, 0.2) is 0 Å². The predicted octanol–water partition coefficient (Wildman–Crippen LogP) is 3.27. The quantitative estimate of drug-likeness (QED) is 0.933. The molecule has 102 valence electrons. The van der Waals surface area contributed by atoms with E-state index in [1.807, 2.05) is 6.07 Å². The van der Waals surface area contributed by atoms with Crippen molar-refractivity contribution in [3.05, 3.63) is 22.3 Å². The van der Waals surface area contributed by atoms with Crippen LogP contribution in [-0.4, -0.2) is 19.4 Å². The second-order valence-electron chi connectivity index (χ2n) is 3.92. The Balaban J connectivity index is 2.74. The summed E-state index contributed by atoms with van der Waals surface area (Å²) in [6, 6.07) is 1.98. The standard InChI is InChI=1S/C13H15BrN2O3/c1-4-7-5-8(9-6-16-19-13(9)15)12(18-3)10(14)11(7)17-2/h5-6H,4,15H2,1-3H3. The van der Waals surface area contributed by atoms with Crippen molar-refractivity contribution in [2.75, 3.05) is 20.0 Å². The summed E-state index contributed by atoms with van der Waals surface area (Å²) in [5.74, 6) is 1.67. The fourth-order valence-corrected chi connectivity index (χ4v) is 2.79. The molecule has 5 nitrogen and oxygen atoms in total. The first-order valence-corrected chi connectivity index (χ1v) is 6.57. The van der Waals surface area contributed by atoms with Crippen molar-refractivity contribution in [3.8, 4) is 22.6 Å². The lowest BCUT2D eigenvalue weighted by Crippen LogP contribution is -1.98. The molecular weight excluding hydrogens is 312 g/mol. The van der Waals surface area contributed by atoms with Gasteiger partial charge in [-0.15, -0.1) is 0 Å². The van der Waals surface area contributed by atoms with Gasteiger partial charge in [-0.2, -0.15) is 0 Å². The number of nitrogens with two attached hydrogens (primary N) is 1. The van der Waals surface area contributed by atoms with E-state index in [4.69, 9.17) is 19.7 Å². The third kappa shape index (κ3) is 2.28. The Bertz CT molecular complexity index is 596. The number of methoxy groups -OCH3 is 2. The number of ether oxygens (including phenoxy) is 2. The molecule has 1 aromatic heterocycles. The van der Waals surface area contributed by atoms with Crippen LogP contribution in [0.5, 0.6) is 11.5 Å². The maximum atomic E-state index is 5.78. The number of hydrogen-bond donors (Lipinski definition) is 1. The molecule has 0 radical (unpaired) electrons. The molecule has 0 aliphatic heterocycles. The fraction of sp³-hybridized carbons (Fsp3) is 0.308. The number of aromatic nitrogens is 1. The second-order valence-corrected chi connectivity index (χ2v) is 4.71. The van der Waals surface area contributed by atoms with Crippen molar-refractivity contribution in [2.24, 2.45) is 0 Å². The van der Waals surface area contributed by atoms with Crippen LogP contribution in [0.15, 0.2) is 21.3 Å². The smallest absolute Gasteiger partial charge is 0.230 e. The molecule has 2 aromatic rings. The van der Waals surface area contributed by atoms with Gasteiger partial charge in [-0.3, -0.25) is 0 Å². The van der Waals surface area contributed by atoms with Crippen LogP contribution in [0.2, 0.25) is 0 Å². The van der Waals surface area contributed by atoms with Gasteiger partial charge < -0.3 is 19.7 Å². The molecule has 0 saturated heterocycles. The minimum atomic E-state index is 0.261. The van der Waals surface area contributed by atoms with E-state index in [1.54, 1.807) is 20.4 Å². The highest BCUT2D eigenvalue weighted by atomic mass is 79.9. The summed E-state index contributed by atoms with van der Waals surface area (Å²) in [6.45, 7) is 2.05. The van der Waals surface area contributed by atoms with E-state index in [-0.39, 0.29) is 5.88 Å². The number of anilines is 1. The van der Waals surface area contributed by atoms with Gasteiger partial charge in [0.05, 0.1) is 26.0 Å². The minimum absolute atomic E-state index is 0.261. The number of benzene rings is 1. The first-order valence-electron chi connectivity index (χ1n) is 5.77. The van der Waals surface area contributed by atoms with Crippen LogP contribution in [0, 0.1) is 0 Å². The highest BCUT2D eigenvalue weighted by Gasteiger charge is 2.21. The van der Waals surface area contributed by atoms with Crippen LogP contribution in [0.4, 0.5) is 5.88 Å². The summed E-state index contributed by atoms with van der Waals surface area (Å²) < 4.78 is 16.5. The molecule has 2 rings (SSSR count). The normalized spacial score (nSPS) is 10.5. The first kappa shape index (κ1) is 13.7. The van der Waals surface area contributed by atoms with Gasteiger partial charge in [-0.05, 0) is 34.0 Å². The van der Waals surface area contributed by atoms with Crippen molar-refractivity contribution in [1.82, 2.24) is 5.16 Å². The maximum absolute atomic E-state index is 5.78. The summed E-state index contributed by atoms with van der Waals surface area (Å²) in [5, 5.41) is 3.70. The van der Waals surface area contributed by atoms with Crippen molar-refractivity contribution in [3.63, 3.8) is 0 Å². The molecule has 1 aromatic carbocycles. The van der Waals surface area contributed by atoms with E-state index >= 15 is 0 Å². The number of hydrogen-bond acceptors (Lipinski definition) is 5. The largest absolute Gasteiger partial charge is 0.495 e.